The number of carbonyl (C=O) groups excluding carboxylic acids is 1. The highest BCUT2D eigenvalue weighted by Gasteiger charge is 2.30. The molecule has 53 heavy (non-hydrogen) atoms. The summed E-state index contributed by atoms with van der Waals surface area (Å²) in [5.41, 5.74) is 4.55. The van der Waals surface area contributed by atoms with Gasteiger partial charge in [0.2, 0.25) is 6.41 Å². The zero-order valence-corrected chi connectivity index (χ0v) is 31.4. The predicted octanol–water partition coefficient (Wildman–Crippen LogP) is 8.91. The number of allylic oxidation sites excluding steroid dienone is 1. The summed E-state index contributed by atoms with van der Waals surface area (Å²) < 4.78 is 51.4. The number of pyridine rings is 1. The zero-order chi connectivity index (χ0) is 38.1. The van der Waals surface area contributed by atoms with Crippen LogP contribution >= 0.6 is 11.3 Å². The van der Waals surface area contributed by atoms with Crippen LogP contribution in [0.25, 0.3) is 43.9 Å². The Morgan fingerprint density at radius 3 is 2.53 bits per heavy atom. The van der Waals surface area contributed by atoms with Crippen molar-refractivity contribution in [3.05, 3.63) is 89.5 Å². The molecular weight excluding hydrogens is 699 g/mol. The molecule has 3 aromatic heterocycles. The van der Waals surface area contributed by atoms with Crippen molar-refractivity contribution in [2.45, 2.75) is 40.3 Å². The van der Waals surface area contributed by atoms with Gasteiger partial charge in [0, 0.05) is 70.5 Å². The first-order valence-electron chi connectivity index (χ1n) is 17.4. The lowest BCUT2D eigenvalue weighted by Crippen LogP contribution is -2.35. The van der Waals surface area contributed by atoms with Crippen molar-refractivity contribution in [1.29, 1.82) is 5.41 Å². The second kappa shape index (κ2) is 17.9. The maximum atomic E-state index is 16.2. The van der Waals surface area contributed by atoms with Crippen LogP contribution in [0.15, 0.2) is 66.6 Å². The van der Waals surface area contributed by atoms with Crippen molar-refractivity contribution < 1.29 is 27.8 Å². The standard InChI is InChI=1S/C35H32F2N6O4S.C3H6.C2H6/c1-20-28-16-27(41-43(28)7-6-42(20)19-44)34-32-31-25(37)14-22(36)15-30(31)47-11-10-45-8-3-4-9-46-29-17-26(39-2)21(18-38)13-24(29)33(40-34)23-5-12-48-35(23)32;1-3-2;1-2/h3-5,12-20,38-39H,6-11H2,1-2H3;3H,1H2,2H3;1-2H3/b4-3+,38-18?;;/t20-;;/m0../s1. The smallest absolute Gasteiger partial charge is 0.210 e. The van der Waals surface area contributed by atoms with Gasteiger partial charge in [0.05, 0.1) is 42.8 Å². The van der Waals surface area contributed by atoms with Crippen LogP contribution in [-0.2, 0) is 16.1 Å². The predicted molar refractivity (Wildman–Crippen MR) is 208 cm³/mol. The largest absolute Gasteiger partial charge is 0.490 e. The Morgan fingerprint density at radius 1 is 1.02 bits per heavy atom. The maximum absolute atomic E-state index is 16.2. The minimum Gasteiger partial charge on any atom is -0.490 e. The van der Waals surface area contributed by atoms with Crippen LogP contribution in [-0.4, -0.2) is 72.3 Å². The molecule has 1 atom stereocenters. The van der Waals surface area contributed by atoms with Crippen LogP contribution in [0.1, 0.15) is 45.0 Å². The van der Waals surface area contributed by atoms with Crippen molar-refractivity contribution in [3.8, 4) is 45.3 Å². The molecule has 2 aromatic carbocycles. The van der Waals surface area contributed by atoms with Crippen LogP contribution < -0.4 is 14.8 Å². The molecule has 0 saturated carbocycles. The van der Waals surface area contributed by atoms with E-state index >= 15 is 4.39 Å². The van der Waals surface area contributed by atoms with E-state index in [-0.39, 0.29) is 37.2 Å². The van der Waals surface area contributed by atoms with E-state index in [0.29, 0.717) is 75.0 Å². The third kappa shape index (κ3) is 8.01. The van der Waals surface area contributed by atoms with Crippen molar-refractivity contribution in [1.82, 2.24) is 19.7 Å². The molecule has 0 fully saturated rings. The molecule has 0 aliphatic carbocycles. The van der Waals surface area contributed by atoms with E-state index in [0.717, 1.165) is 18.2 Å². The molecule has 7 rings (SSSR count). The number of anilines is 1. The summed E-state index contributed by atoms with van der Waals surface area (Å²) >= 11 is 1.39. The minimum atomic E-state index is -0.810. The topological polar surface area (TPSA) is 115 Å². The number of thiophene rings is 1. The summed E-state index contributed by atoms with van der Waals surface area (Å²) in [6, 6.07) is 9.20. The van der Waals surface area contributed by atoms with Crippen LogP contribution in [0.4, 0.5) is 14.5 Å². The van der Waals surface area contributed by atoms with E-state index in [2.05, 4.69) is 11.9 Å². The van der Waals surface area contributed by atoms with Crippen LogP contribution in [0.5, 0.6) is 11.5 Å². The van der Waals surface area contributed by atoms with E-state index in [1.165, 1.54) is 23.6 Å². The lowest BCUT2D eigenvalue weighted by Gasteiger charge is -2.30. The number of amides is 1. The average Bonchev–Trinajstić information content (AvgIpc) is 3.83. The number of carbonyl (C=O) groups is 1. The van der Waals surface area contributed by atoms with E-state index in [4.69, 9.17) is 29.7 Å². The molecular formula is C40H44F2N6O4S. The van der Waals surface area contributed by atoms with Gasteiger partial charge in [-0.25, -0.2) is 13.8 Å². The Morgan fingerprint density at radius 2 is 1.79 bits per heavy atom. The lowest BCUT2D eigenvalue weighted by atomic mass is 9.95. The van der Waals surface area contributed by atoms with Gasteiger partial charge in [0.15, 0.2) is 0 Å². The summed E-state index contributed by atoms with van der Waals surface area (Å²) in [5, 5.41) is 18.8. The van der Waals surface area contributed by atoms with Gasteiger partial charge < -0.3 is 29.8 Å². The number of rotatable bonds is 4. The molecule has 13 heteroatoms. The van der Waals surface area contributed by atoms with Gasteiger partial charge >= 0.3 is 0 Å². The number of aromatic nitrogens is 3. The molecule has 0 spiro atoms. The Kier molecular flexibility index (Phi) is 13.1. The number of hydrogen-bond donors (Lipinski definition) is 2. The average molecular weight is 743 g/mol. The minimum absolute atomic E-state index is 0.0133. The first kappa shape index (κ1) is 38.8. The Labute approximate surface area is 312 Å². The van der Waals surface area contributed by atoms with Gasteiger partial charge in [0.1, 0.15) is 47.7 Å². The molecule has 2 N–H and O–H groups in total. The monoisotopic (exact) mass is 742 g/mol. The fourth-order valence-corrected chi connectivity index (χ4v) is 7.16. The maximum Gasteiger partial charge on any atom is 0.210 e. The summed E-state index contributed by atoms with van der Waals surface area (Å²) in [7, 11) is 1.77. The normalized spacial score (nSPS) is 15.8. The molecule has 10 nitrogen and oxygen atoms in total. The Balaban J connectivity index is 0.00000103. The van der Waals surface area contributed by atoms with Gasteiger partial charge in [-0.3, -0.25) is 9.48 Å². The number of nitrogens with one attached hydrogen (secondary N) is 2. The molecule has 2 aliphatic rings. The van der Waals surface area contributed by atoms with Gasteiger partial charge in [-0.2, -0.15) is 5.10 Å². The fraction of sp³-hybridized carbons (Fsp3) is 0.300. The number of hydrogen-bond acceptors (Lipinski definition) is 9. The van der Waals surface area contributed by atoms with Crippen LogP contribution in [0.3, 0.4) is 0 Å². The first-order valence-corrected chi connectivity index (χ1v) is 18.3. The first-order chi connectivity index (χ1) is 25.8. The fourth-order valence-electron chi connectivity index (χ4n) is 6.21. The Bertz CT molecular complexity index is 2130. The molecule has 5 aromatic rings. The summed E-state index contributed by atoms with van der Waals surface area (Å²) in [6.07, 6.45) is 7.50. The molecule has 2 bridgehead atoms. The number of halogens is 2. The summed E-state index contributed by atoms with van der Waals surface area (Å²) in [4.78, 5) is 18.7. The van der Waals surface area contributed by atoms with E-state index in [9.17, 15) is 9.18 Å². The van der Waals surface area contributed by atoms with Crippen molar-refractivity contribution in [3.63, 3.8) is 0 Å². The quantitative estimate of drug-likeness (QED) is 0.107. The number of fused-ring (bicyclic) bond motifs is 11. The van der Waals surface area contributed by atoms with E-state index < -0.39 is 11.6 Å². The highest BCUT2D eigenvalue weighted by molar-refractivity contribution is 7.18. The van der Waals surface area contributed by atoms with Crippen molar-refractivity contribution in [2.24, 2.45) is 0 Å². The van der Waals surface area contributed by atoms with Gasteiger partial charge in [0.25, 0.3) is 0 Å². The molecule has 1 amide bonds. The Hall–Kier alpha value is -5.40. The molecule has 0 saturated heterocycles. The highest BCUT2D eigenvalue weighted by atomic mass is 32.1. The third-order valence-corrected chi connectivity index (χ3v) is 9.53. The van der Waals surface area contributed by atoms with Crippen LogP contribution in [0, 0.1) is 17.0 Å². The summed E-state index contributed by atoms with van der Waals surface area (Å²) in [6.45, 7) is 12.9. The van der Waals surface area contributed by atoms with Gasteiger partial charge in [-0.15, -0.1) is 17.9 Å². The number of nitrogens with zero attached hydrogens (tertiary/aromatic N) is 4. The second-order valence-electron chi connectivity index (χ2n) is 11.7. The van der Waals surface area contributed by atoms with Crippen molar-refractivity contribution >= 4 is 39.7 Å². The molecule has 2 aliphatic heterocycles. The molecule has 0 radical (unpaired) electrons. The molecule has 5 heterocycles. The van der Waals surface area contributed by atoms with E-state index in [1.54, 1.807) is 18.0 Å². The lowest BCUT2D eigenvalue weighted by molar-refractivity contribution is -0.121. The SMILES string of the molecule is C=CC.CC.CNc1cc2c(cc1C=N)-c1nc(-c3cc4n(n3)CCN(C=O)[C@H]4C)c(c3sccc13)-c1c(F)cc(F)cc1OCCOC/C=C/CO2. The van der Waals surface area contributed by atoms with Gasteiger partial charge in [-0.1, -0.05) is 26.0 Å². The summed E-state index contributed by atoms with van der Waals surface area (Å²) in [5.74, 6) is -1.05. The van der Waals surface area contributed by atoms with Crippen molar-refractivity contribution in [2.75, 3.05) is 45.3 Å². The van der Waals surface area contributed by atoms with E-state index in [1.807, 2.05) is 74.2 Å². The highest BCUT2D eigenvalue weighted by Crippen LogP contribution is 2.49. The van der Waals surface area contributed by atoms with Gasteiger partial charge in [-0.05, 0) is 43.5 Å². The third-order valence-electron chi connectivity index (χ3n) is 8.59. The molecule has 0 unspecified atom stereocenters. The molecule has 278 valence electrons. The second-order valence-corrected chi connectivity index (χ2v) is 12.7. The van der Waals surface area contributed by atoms with Crippen LogP contribution in [0.2, 0.25) is 0 Å². The number of benzene rings is 2. The zero-order valence-electron chi connectivity index (χ0n) is 30.5. The number of ether oxygens (including phenoxy) is 3.